The zero-order valence-electron chi connectivity index (χ0n) is 5.97. The van der Waals surface area contributed by atoms with E-state index in [9.17, 15) is 0 Å². The summed E-state index contributed by atoms with van der Waals surface area (Å²) >= 11 is 0. The molecule has 2 saturated carbocycles. The van der Waals surface area contributed by atoms with Gasteiger partial charge in [0.05, 0.1) is 12.8 Å². The van der Waals surface area contributed by atoms with Crippen LogP contribution in [0.5, 0.6) is 0 Å². The standard InChI is InChI=1S/C9H15/c1-2-5-9-7-3-6-8(9)4-1/h6,8-9H,1-5,7H2/q+1. The summed E-state index contributed by atoms with van der Waals surface area (Å²) < 4.78 is 0. The highest BCUT2D eigenvalue weighted by Gasteiger charge is 2.36. The Morgan fingerprint density at radius 1 is 1.00 bits per heavy atom. The highest BCUT2D eigenvalue weighted by atomic mass is 14.3. The molecule has 0 aromatic rings. The van der Waals surface area contributed by atoms with Crippen molar-refractivity contribution < 1.29 is 0 Å². The summed E-state index contributed by atoms with van der Waals surface area (Å²) in [6.45, 7) is 0. The fourth-order valence-corrected chi connectivity index (χ4v) is 2.43. The van der Waals surface area contributed by atoms with Crippen LogP contribution in [0.2, 0.25) is 0 Å². The first-order chi connectivity index (χ1) is 4.47. The summed E-state index contributed by atoms with van der Waals surface area (Å²) in [4.78, 5) is 0. The molecule has 2 unspecified atom stereocenters. The monoisotopic (exact) mass is 123 g/mol. The van der Waals surface area contributed by atoms with Crippen molar-refractivity contribution in [2.45, 2.75) is 38.5 Å². The Kier molecular flexibility index (Phi) is 1.41. The van der Waals surface area contributed by atoms with Gasteiger partial charge in [-0.05, 0) is 25.7 Å². The summed E-state index contributed by atoms with van der Waals surface area (Å²) in [6, 6.07) is 0. The van der Waals surface area contributed by atoms with Crippen LogP contribution in [0, 0.1) is 18.3 Å². The van der Waals surface area contributed by atoms with Crippen molar-refractivity contribution in [2.24, 2.45) is 11.8 Å². The minimum absolute atomic E-state index is 1.04. The molecule has 2 aliphatic carbocycles. The molecule has 9 heavy (non-hydrogen) atoms. The van der Waals surface area contributed by atoms with E-state index in [-0.39, 0.29) is 0 Å². The lowest BCUT2D eigenvalue weighted by Gasteiger charge is -2.18. The fraction of sp³-hybridized carbons (Fsp3) is 0.889. The maximum Gasteiger partial charge on any atom is 0.101 e. The van der Waals surface area contributed by atoms with E-state index in [1.54, 1.807) is 0 Å². The first-order valence-corrected chi connectivity index (χ1v) is 4.30. The summed E-state index contributed by atoms with van der Waals surface area (Å²) in [5.41, 5.74) is 0. The molecule has 0 aromatic carbocycles. The van der Waals surface area contributed by atoms with Crippen molar-refractivity contribution >= 4 is 0 Å². The highest BCUT2D eigenvalue weighted by Crippen LogP contribution is 2.40. The van der Waals surface area contributed by atoms with Gasteiger partial charge in [-0.25, -0.2) is 0 Å². The smallest absolute Gasteiger partial charge is 0.0527 e. The third kappa shape index (κ3) is 0.953. The molecule has 0 amide bonds. The second-order valence-electron chi connectivity index (χ2n) is 3.52. The molecule has 2 atom stereocenters. The van der Waals surface area contributed by atoms with Crippen molar-refractivity contribution in [3.63, 3.8) is 0 Å². The Bertz CT molecular complexity index is 84.2. The van der Waals surface area contributed by atoms with E-state index in [4.69, 9.17) is 0 Å². The Morgan fingerprint density at radius 3 is 2.78 bits per heavy atom. The number of fused-ring (bicyclic) bond motifs is 1. The third-order valence-corrected chi connectivity index (χ3v) is 2.97. The molecular weight excluding hydrogens is 108 g/mol. The van der Waals surface area contributed by atoms with Gasteiger partial charge in [0.25, 0.3) is 0 Å². The zero-order chi connectivity index (χ0) is 6.10. The molecule has 0 heterocycles. The molecular formula is C9H15+. The molecule has 0 nitrogen and oxygen atoms in total. The van der Waals surface area contributed by atoms with E-state index in [0.29, 0.717) is 0 Å². The van der Waals surface area contributed by atoms with Gasteiger partial charge >= 0.3 is 0 Å². The SMILES string of the molecule is [CH+]1CCC2CCCCC12. The van der Waals surface area contributed by atoms with E-state index in [0.717, 1.165) is 11.8 Å². The molecule has 0 radical (unpaired) electrons. The van der Waals surface area contributed by atoms with Crippen molar-refractivity contribution in [3.05, 3.63) is 6.42 Å². The van der Waals surface area contributed by atoms with Gasteiger partial charge in [0.15, 0.2) is 0 Å². The van der Waals surface area contributed by atoms with Crippen molar-refractivity contribution in [2.75, 3.05) is 0 Å². The van der Waals surface area contributed by atoms with Crippen LogP contribution >= 0.6 is 0 Å². The Morgan fingerprint density at radius 2 is 1.89 bits per heavy atom. The van der Waals surface area contributed by atoms with Crippen LogP contribution in [-0.2, 0) is 0 Å². The highest BCUT2D eigenvalue weighted by molar-refractivity contribution is 4.92. The molecule has 2 rings (SSSR count). The molecule has 2 fully saturated rings. The van der Waals surface area contributed by atoms with Crippen LogP contribution in [0.25, 0.3) is 0 Å². The van der Waals surface area contributed by atoms with Crippen LogP contribution < -0.4 is 0 Å². The number of rotatable bonds is 0. The van der Waals surface area contributed by atoms with Crippen molar-refractivity contribution in [1.82, 2.24) is 0 Å². The Hall–Kier alpha value is -0.130. The van der Waals surface area contributed by atoms with Crippen LogP contribution in [-0.4, -0.2) is 0 Å². The molecule has 0 bridgehead atoms. The predicted octanol–water partition coefficient (Wildman–Crippen LogP) is 2.79. The summed E-state index contributed by atoms with van der Waals surface area (Å²) in [6.07, 6.45) is 11.5. The van der Waals surface area contributed by atoms with Gasteiger partial charge < -0.3 is 0 Å². The van der Waals surface area contributed by atoms with Crippen LogP contribution in [0.1, 0.15) is 38.5 Å². The maximum atomic E-state index is 2.56. The summed E-state index contributed by atoms with van der Waals surface area (Å²) in [7, 11) is 0. The first kappa shape index (κ1) is 5.64. The lowest BCUT2D eigenvalue weighted by molar-refractivity contribution is 0.300. The fourth-order valence-electron chi connectivity index (χ4n) is 2.43. The lowest BCUT2D eigenvalue weighted by Crippen LogP contribution is -2.12. The first-order valence-electron chi connectivity index (χ1n) is 4.30. The van der Waals surface area contributed by atoms with E-state index < -0.39 is 0 Å². The van der Waals surface area contributed by atoms with Crippen molar-refractivity contribution in [1.29, 1.82) is 0 Å². The minimum Gasteiger partial charge on any atom is -0.0527 e. The molecule has 0 heteroatoms. The van der Waals surface area contributed by atoms with E-state index in [1.165, 1.54) is 38.5 Å². The molecule has 0 aromatic heterocycles. The zero-order valence-corrected chi connectivity index (χ0v) is 5.97. The van der Waals surface area contributed by atoms with Crippen LogP contribution in [0.3, 0.4) is 0 Å². The summed E-state index contributed by atoms with van der Waals surface area (Å²) in [5.74, 6) is 2.15. The normalized spacial score (nSPS) is 41.8. The second kappa shape index (κ2) is 2.24. The van der Waals surface area contributed by atoms with Gasteiger partial charge in [0.1, 0.15) is 5.92 Å². The largest absolute Gasteiger partial charge is 0.101 e. The van der Waals surface area contributed by atoms with Gasteiger partial charge in [-0.3, -0.25) is 0 Å². The second-order valence-corrected chi connectivity index (χ2v) is 3.52. The van der Waals surface area contributed by atoms with E-state index in [2.05, 4.69) is 6.42 Å². The van der Waals surface area contributed by atoms with Crippen LogP contribution in [0.15, 0.2) is 0 Å². The Labute approximate surface area is 57.6 Å². The topological polar surface area (TPSA) is 0 Å². The molecule has 50 valence electrons. The number of hydrogen-bond acceptors (Lipinski definition) is 0. The van der Waals surface area contributed by atoms with Crippen molar-refractivity contribution in [3.8, 4) is 0 Å². The quantitative estimate of drug-likeness (QED) is 0.434. The molecule has 2 aliphatic rings. The molecule has 0 aliphatic heterocycles. The average Bonchev–Trinajstić information content (AvgIpc) is 2.33. The maximum absolute atomic E-state index is 2.56. The van der Waals surface area contributed by atoms with Gasteiger partial charge in [0.2, 0.25) is 0 Å². The molecule has 0 N–H and O–H groups in total. The average molecular weight is 123 g/mol. The van der Waals surface area contributed by atoms with E-state index in [1.807, 2.05) is 0 Å². The van der Waals surface area contributed by atoms with E-state index >= 15 is 0 Å². The van der Waals surface area contributed by atoms with Gasteiger partial charge in [0, 0.05) is 5.92 Å². The van der Waals surface area contributed by atoms with Gasteiger partial charge in [-0.1, -0.05) is 6.42 Å². The third-order valence-electron chi connectivity index (χ3n) is 2.97. The summed E-state index contributed by atoms with van der Waals surface area (Å²) in [5, 5.41) is 0. The lowest BCUT2D eigenvalue weighted by atomic mass is 9.82. The Balaban J connectivity index is 1.97. The minimum atomic E-state index is 1.04. The molecule has 0 saturated heterocycles. The van der Waals surface area contributed by atoms with Gasteiger partial charge in [-0.2, -0.15) is 0 Å². The molecule has 0 spiro atoms. The van der Waals surface area contributed by atoms with Gasteiger partial charge in [-0.15, -0.1) is 0 Å². The van der Waals surface area contributed by atoms with Crippen LogP contribution in [0.4, 0.5) is 0 Å². The number of hydrogen-bond donors (Lipinski definition) is 0. The predicted molar refractivity (Wildman–Crippen MR) is 39.0 cm³/mol.